The predicted molar refractivity (Wildman–Crippen MR) is 70.9 cm³/mol. The zero-order valence-corrected chi connectivity index (χ0v) is 11.4. The number of amides is 3. The standard InChI is InChI=1S/C14H14N2O5/c1-20-11-4-2-3-9(5-11)13(18)15-6-10(7-15)16-12(17)8-21-14(16)19/h2-5,10H,6-8H2,1H3. The summed E-state index contributed by atoms with van der Waals surface area (Å²) in [5, 5.41) is 0. The molecule has 2 fully saturated rings. The molecule has 21 heavy (non-hydrogen) atoms. The van der Waals surface area contributed by atoms with Crippen LogP contribution in [0.5, 0.6) is 5.75 Å². The molecule has 0 unspecified atom stereocenters. The van der Waals surface area contributed by atoms with Gasteiger partial charge in [-0.15, -0.1) is 0 Å². The molecule has 7 heteroatoms. The lowest BCUT2D eigenvalue weighted by Gasteiger charge is -2.41. The van der Waals surface area contributed by atoms with E-state index in [9.17, 15) is 14.4 Å². The molecule has 0 bridgehead atoms. The lowest BCUT2D eigenvalue weighted by Crippen LogP contribution is -2.62. The molecule has 2 saturated heterocycles. The summed E-state index contributed by atoms with van der Waals surface area (Å²) in [4.78, 5) is 37.9. The van der Waals surface area contributed by atoms with Crippen molar-refractivity contribution in [2.75, 3.05) is 26.8 Å². The molecule has 3 amide bonds. The number of nitrogens with zero attached hydrogens (tertiary/aromatic N) is 2. The maximum Gasteiger partial charge on any atom is 0.417 e. The smallest absolute Gasteiger partial charge is 0.417 e. The van der Waals surface area contributed by atoms with Gasteiger partial charge in [-0.1, -0.05) is 6.07 Å². The van der Waals surface area contributed by atoms with E-state index in [0.29, 0.717) is 24.4 Å². The maximum absolute atomic E-state index is 12.3. The van der Waals surface area contributed by atoms with Crippen molar-refractivity contribution in [1.29, 1.82) is 0 Å². The van der Waals surface area contributed by atoms with Crippen molar-refractivity contribution in [3.05, 3.63) is 29.8 Å². The molecule has 0 aliphatic carbocycles. The molecule has 1 aromatic carbocycles. The summed E-state index contributed by atoms with van der Waals surface area (Å²) in [7, 11) is 1.54. The number of hydrogen-bond acceptors (Lipinski definition) is 5. The number of imide groups is 1. The highest BCUT2D eigenvalue weighted by Gasteiger charge is 2.44. The van der Waals surface area contributed by atoms with Gasteiger partial charge in [-0.05, 0) is 18.2 Å². The molecule has 2 heterocycles. The second-order valence-corrected chi connectivity index (χ2v) is 4.91. The third-order valence-corrected chi connectivity index (χ3v) is 3.62. The highest BCUT2D eigenvalue weighted by atomic mass is 16.6. The number of rotatable bonds is 3. The highest BCUT2D eigenvalue weighted by Crippen LogP contribution is 2.22. The molecule has 0 atom stereocenters. The van der Waals surface area contributed by atoms with Crippen molar-refractivity contribution in [3.63, 3.8) is 0 Å². The average Bonchev–Trinajstić information content (AvgIpc) is 2.78. The molecule has 2 aliphatic rings. The van der Waals surface area contributed by atoms with E-state index >= 15 is 0 Å². The Balaban J connectivity index is 1.64. The second kappa shape index (κ2) is 5.08. The zero-order chi connectivity index (χ0) is 15.0. The van der Waals surface area contributed by atoms with Crippen LogP contribution in [0.15, 0.2) is 24.3 Å². The molecule has 7 nitrogen and oxygen atoms in total. The van der Waals surface area contributed by atoms with Crippen LogP contribution in [0, 0.1) is 0 Å². The average molecular weight is 290 g/mol. The summed E-state index contributed by atoms with van der Waals surface area (Å²) >= 11 is 0. The summed E-state index contributed by atoms with van der Waals surface area (Å²) in [6.07, 6.45) is -0.626. The third-order valence-electron chi connectivity index (χ3n) is 3.62. The van der Waals surface area contributed by atoms with E-state index in [0.717, 1.165) is 4.90 Å². The van der Waals surface area contributed by atoms with Gasteiger partial charge in [0.25, 0.3) is 11.8 Å². The van der Waals surface area contributed by atoms with Crippen molar-refractivity contribution in [3.8, 4) is 5.75 Å². The minimum atomic E-state index is -0.626. The summed E-state index contributed by atoms with van der Waals surface area (Å²) < 4.78 is 9.74. The number of carbonyl (C=O) groups excluding carboxylic acids is 3. The Bertz CT molecular complexity index is 593. The zero-order valence-electron chi connectivity index (χ0n) is 11.4. The van der Waals surface area contributed by atoms with Crippen molar-refractivity contribution in [2.24, 2.45) is 0 Å². The number of ether oxygens (including phenoxy) is 2. The van der Waals surface area contributed by atoms with Gasteiger partial charge in [-0.2, -0.15) is 0 Å². The molecule has 2 aliphatic heterocycles. The van der Waals surface area contributed by atoms with Crippen LogP contribution in [0.1, 0.15) is 10.4 Å². The monoisotopic (exact) mass is 290 g/mol. The summed E-state index contributed by atoms with van der Waals surface area (Å²) in [6, 6.07) is 6.57. The Morgan fingerprint density at radius 2 is 2.10 bits per heavy atom. The normalized spacial score (nSPS) is 18.5. The maximum atomic E-state index is 12.3. The Kier molecular flexibility index (Phi) is 3.25. The van der Waals surface area contributed by atoms with Gasteiger partial charge in [0.2, 0.25) is 0 Å². The molecule has 0 aromatic heterocycles. The topological polar surface area (TPSA) is 76.2 Å². The first kappa shape index (κ1) is 13.4. The van der Waals surface area contributed by atoms with Gasteiger partial charge in [-0.25, -0.2) is 9.69 Å². The van der Waals surface area contributed by atoms with Gasteiger partial charge in [0.1, 0.15) is 5.75 Å². The number of carbonyl (C=O) groups is 3. The van der Waals surface area contributed by atoms with Crippen LogP contribution < -0.4 is 4.74 Å². The van der Waals surface area contributed by atoms with Crippen LogP contribution >= 0.6 is 0 Å². The Hall–Kier alpha value is -2.57. The van der Waals surface area contributed by atoms with Gasteiger partial charge < -0.3 is 14.4 Å². The van der Waals surface area contributed by atoms with Crippen LogP contribution in [0.2, 0.25) is 0 Å². The number of likely N-dealkylation sites (tertiary alicyclic amines) is 1. The van der Waals surface area contributed by atoms with Gasteiger partial charge in [0.15, 0.2) is 6.61 Å². The first-order valence-corrected chi connectivity index (χ1v) is 6.52. The van der Waals surface area contributed by atoms with Crippen LogP contribution in [0.3, 0.4) is 0 Å². The molecular weight excluding hydrogens is 276 g/mol. The van der Waals surface area contributed by atoms with Crippen LogP contribution in [-0.2, 0) is 9.53 Å². The van der Waals surface area contributed by atoms with E-state index in [2.05, 4.69) is 4.74 Å². The fraction of sp³-hybridized carbons (Fsp3) is 0.357. The third kappa shape index (κ3) is 2.31. The molecule has 0 saturated carbocycles. The number of hydrogen-bond donors (Lipinski definition) is 0. The number of methoxy groups -OCH3 is 1. The lowest BCUT2D eigenvalue weighted by molar-refractivity contribution is -0.129. The fourth-order valence-corrected chi connectivity index (χ4v) is 2.44. The van der Waals surface area contributed by atoms with Gasteiger partial charge >= 0.3 is 6.09 Å². The van der Waals surface area contributed by atoms with Crippen molar-refractivity contribution in [1.82, 2.24) is 9.80 Å². The van der Waals surface area contributed by atoms with Gasteiger partial charge in [-0.3, -0.25) is 9.59 Å². The van der Waals surface area contributed by atoms with Crippen molar-refractivity contribution in [2.45, 2.75) is 6.04 Å². The second-order valence-electron chi connectivity index (χ2n) is 4.91. The number of benzene rings is 1. The summed E-state index contributed by atoms with van der Waals surface area (Å²) in [6.45, 7) is 0.451. The van der Waals surface area contributed by atoms with E-state index in [1.807, 2.05) is 0 Å². The van der Waals surface area contributed by atoms with E-state index in [1.165, 1.54) is 7.11 Å². The van der Waals surface area contributed by atoms with Crippen molar-refractivity contribution >= 4 is 17.9 Å². The molecule has 0 N–H and O–H groups in total. The van der Waals surface area contributed by atoms with Gasteiger partial charge in [0, 0.05) is 18.7 Å². The molecule has 110 valence electrons. The quantitative estimate of drug-likeness (QED) is 0.810. The highest BCUT2D eigenvalue weighted by molar-refractivity contribution is 5.99. The van der Waals surface area contributed by atoms with Crippen molar-refractivity contribution < 1.29 is 23.9 Å². The molecule has 0 spiro atoms. The largest absolute Gasteiger partial charge is 0.497 e. The minimum absolute atomic E-state index is 0.148. The van der Waals surface area contributed by atoms with E-state index < -0.39 is 6.09 Å². The van der Waals surface area contributed by atoms with Crippen LogP contribution in [-0.4, -0.2) is 60.6 Å². The SMILES string of the molecule is COc1cccc(C(=O)N2CC(N3C(=O)COC3=O)C2)c1. The van der Waals surface area contributed by atoms with Gasteiger partial charge in [0.05, 0.1) is 13.2 Å². The summed E-state index contributed by atoms with van der Waals surface area (Å²) in [5.74, 6) is 0.111. The molecule has 0 radical (unpaired) electrons. The molecular formula is C14H14N2O5. The molecule has 3 rings (SSSR count). The van der Waals surface area contributed by atoms with Crippen LogP contribution in [0.25, 0.3) is 0 Å². The van der Waals surface area contributed by atoms with Crippen LogP contribution in [0.4, 0.5) is 4.79 Å². The van der Waals surface area contributed by atoms with E-state index in [-0.39, 0.29) is 24.5 Å². The van der Waals surface area contributed by atoms with E-state index in [4.69, 9.17) is 4.74 Å². The Morgan fingerprint density at radius 3 is 2.71 bits per heavy atom. The van der Waals surface area contributed by atoms with E-state index in [1.54, 1.807) is 29.2 Å². The Labute approximate surface area is 121 Å². The lowest BCUT2D eigenvalue weighted by atomic mass is 10.0. The fourth-order valence-electron chi connectivity index (χ4n) is 2.44. The first-order valence-electron chi connectivity index (χ1n) is 6.52. The number of cyclic esters (lactones) is 1. The molecule has 1 aromatic rings. The Morgan fingerprint density at radius 1 is 1.33 bits per heavy atom. The minimum Gasteiger partial charge on any atom is -0.497 e. The first-order chi connectivity index (χ1) is 10.1. The predicted octanol–water partition coefficient (Wildman–Crippen LogP) is 0.498. The summed E-state index contributed by atoms with van der Waals surface area (Å²) in [5.41, 5.74) is 0.517.